The third-order valence-electron chi connectivity index (χ3n) is 1.58. The van der Waals surface area contributed by atoms with Gasteiger partial charge in [0.15, 0.2) is 0 Å². The van der Waals surface area contributed by atoms with Gasteiger partial charge in [0.25, 0.3) is 5.91 Å². The number of rotatable bonds is 1. The lowest BCUT2D eigenvalue weighted by Crippen LogP contribution is -2.22. The van der Waals surface area contributed by atoms with E-state index in [1.807, 2.05) is 0 Å². The van der Waals surface area contributed by atoms with E-state index in [0.717, 1.165) is 0 Å². The van der Waals surface area contributed by atoms with Crippen molar-refractivity contribution in [3.8, 4) is 0 Å². The number of hydrogen-bond donors (Lipinski definition) is 0. The summed E-state index contributed by atoms with van der Waals surface area (Å²) in [6.07, 6.45) is 0. The Morgan fingerprint density at radius 1 is 1.23 bits per heavy atom. The average Bonchev–Trinajstić information content (AvgIpc) is 2.03. The number of halogens is 2. The summed E-state index contributed by atoms with van der Waals surface area (Å²) in [4.78, 5) is 13.0. The molecule has 0 bridgehead atoms. The lowest BCUT2D eigenvalue weighted by Gasteiger charge is -2.12. The van der Waals surface area contributed by atoms with Gasteiger partial charge in [0.1, 0.15) is 0 Å². The van der Waals surface area contributed by atoms with Crippen molar-refractivity contribution < 1.29 is 4.79 Å². The topological polar surface area (TPSA) is 20.3 Å². The summed E-state index contributed by atoms with van der Waals surface area (Å²) in [7, 11) is 3.31. The number of benzene rings is 1. The lowest BCUT2D eigenvalue weighted by atomic mass is 10.2. The smallest absolute Gasteiger partial charge is 0.256 e. The van der Waals surface area contributed by atoms with Gasteiger partial charge >= 0.3 is 0 Å². The van der Waals surface area contributed by atoms with Gasteiger partial charge in [-0.25, -0.2) is 0 Å². The zero-order valence-corrected chi connectivity index (χ0v) is 8.86. The quantitative estimate of drug-likeness (QED) is 0.709. The third kappa shape index (κ3) is 2.14. The van der Waals surface area contributed by atoms with Crippen molar-refractivity contribution in [2.24, 2.45) is 0 Å². The van der Waals surface area contributed by atoms with Crippen LogP contribution in [0.4, 0.5) is 0 Å². The predicted octanol–water partition coefficient (Wildman–Crippen LogP) is 2.70. The highest BCUT2D eigenvalue weighted by atomic mass is 35.5. The normalized spacial score (nSPS) is 9.85. The largest absolute Gasteiger partial charge is 0.345 e. The van der Waals surface area contributed by atoms with Crippen LogP contribution >= 0.6 is 23.2 Å². The molecule has 0 aliphatic rings. The Kier molecular flexibility index (Phi) is 3.17. The van der Waals surface area contributed by atoms with Crippen LogP contribution < -0.4 is 0 Å². The average molecular weight is 218 g/mol. The highest BCUT2D eigenvalue weighted by Crippen LogP contribution is 2.24. The summed E-state index contributed by atoms with van der Waals surface area (Å²) in [5.41, 5.74) is 0.357. The number of carbonyl (C=O) groups excluding carboxylic acids is 1. The van der Waals surface area contributed by atoms with Gasteiger partial charge in [-0.05, 0) is 12.1 Å². The Balaban J connectivity index is 3.20. The van der Waals surface area contributed by atoms with Crippen molar-refractivity contribution in [2.45, 2.75) is 0 Å². The molecule has 0 saturated heterocycles. The second kappa shape index (κ2) is 3.99. The zero-order chi connectivity index (χ0) is 10.0. The number of amides is 1. The van der Waals surface area contributed by atoms with Gasteiger partial charge in [0.2, 0.25) is 0 Å². The highest BCUT2D eigenvalue weighted by molar-refractivity contribution is 6.39. The van der Waals surface area contributed by atoms with Crippen LogP contribution in [0.5, 0.6) is 0 Å². The molecule has 0 heterocycles. The van der Waals surface area contributed by atoms with Crippen molar-refractivity contribution in [3.63, 3.8) is 0 Å². The zero-order valence-electron chi connectivity index (χ0n) is 7.34. The molecule has 4 heteroatoms. The monoisotopic (exact) mass is 217 g/mol. The van der Waals surface area contributed by atoms with Crippen molar-refractivity contribution in [1.29, 1.82) is 0 Å². The van der Waals surface area contributed by atoms with E-state index in [2.05, 4.69) is 0 Å². The number of carbonyl (C=O) groups is 1. The van der Waals surface area contributed by atoms with E-state index >= 15 is 0 Å². The molecule has 0 fully saturated rings. The third-order valence-corrected chi connectivity index (χ3v) is 2.21. The van der Waals surface area contributed by atoms with E-state index in [0.29, 0.717) is 15.6 Å². The predicted molar refractivity (Wildman–Crippen MR) is 54.5 cm³/mol. The molecule has 70 valence electrons. The van der Waals surface area contributed by atoms with E-state index < -0.39 is 0 Å². The van der Waals surface area contributed by atoms with E-state index in [4.69, 9.17) is 23.2 Å². The van der Waals surface area contributed by atoms with Gasteiger partial charge in [0, 0.05) is 14.1 Å². The van der Waals surface area contributed by atoms with Crippen molar-refractivity contribution in [2.75, 3.05) is 14.1 Å². The molecule has 1 aromatic rings. The maximum Gasteiger partial charge on any atom is 0.256 e. The first-order valence-electron chi connectivity index (χ1n) is 3.69. The van der Waals surface area contributed by atoms with E-state index in [1.54, 1.807) is 32.3 Å². The molecule has 0 aliphatic carbocycles. The first kappa shape index (κ1) is 10.4. The molecule has 2 nitrogen and oxygen atoms in total. The lowest BCUT2D eigenvalue weighted by molar-refractivity contribution is 0.0828. The maximum atomic E-state index is 11.5. The minimum Gasteiger partial charge on any atom is -0.345 e. The molecule has 0 radical (unpaired) electrons. The van der Waals surface area contributed by atoms with Gasteiger partial charge in [-0.1, -0.05) is 29.3 Å². The Bertz CT molecular complexity index is 316. The number of nitrogens with zero attached hydrogens (tertiary/aromatic N) is 1. The fourth-order valence-corrected chi connectivity index (χ4v) is 1.48. The summed E-state index contributed by atoms with van der Waals surface area (Å²) in [6, 6.07) is 4.99. The van der Waals surface area contributed by atoms with Gasteiger partial charge in [-0.15, -0.1) is 0 Å². The molecule has 0 unspecified atom stereocenters. The minimum atomic E-state index is -0.185. The molecule has 0 saturated carbocycles. The van der Waals surface area contributed by atoms with Crippen molar-refractivity contribution in [1.82, 2.24) is 4.90 Å². The van der Waals surface area contributed by atoms with Crippen LogP contribution in [0.2, 0.25) is 10.0 Å². The summed E-state index contributed by atoms with van der Waals surface area (Å²) in [5.74, 6) is -0.185. The summed E-state index contributed by atoms with van der Waals surface area (Å²) >= 11 is 11.7. The molecule has 1 amide bonds. The minimum absolute atomic E-state index is 0.185. The van der Waals surface area contributed by atoms with E-state index in [9.17, 15) is 4.79 Å². The van der Waals surface area contributed by atoms with Crippen LogP contribution in [0.25, 0.3) is 0 Å². The van der Waals surface area contributed by atoms with Crippen LogP contribution in [-0.2, 0) is 0 Å². The Hall–Kier alpha value is -0.730. The van der Waals surface area contributed by atoms with Crippen LogP contribution in [-0.4, -0.2) is 24.9 Å². The Morgan fingerprint density at radius 2 is 1.69 bits per heavy atom. The molecule has 13 heavy (non-hydrogen) atoms. The van der Waals surface area contributed by atoms with Gasteiger partial charge in [0.05, 0.1) is 15.6 Å². The van der Waals surface area contributed by atoms with Gasteiger partial charge < -0.3 is 4.90 Å². The molecule has 0 aromatic heterocycles. The van der Waals surface area contributed by atoms with Crippen LogP contribution in [0.1, 0.15) is 10.4 Å². The molecule has 0 spiro atoms. The highest BCUT2D eigenvalue weighted by Gasteiger charge is 2.15. The van der Waals surface area contributed by atoms with Crippen molar-refractivity contribution in [3.05, 3.63) is 33.8 Å². The summed E-state index contributed by atoms with van der Waals surface area (Å²) in [6.45, 7) is 0. The van der Waals surface area contributed by atoms with Gasteiger partial charge in [-0.3, -0.25) is 4.79 Å². The standard InChI is InChI=1S/C9H9Cl2NO/c1-12(2)9(13)8-6(10)4-3-5-7(8)11/h3-5H,1-2H3. The molecular weight excluding hydrogens is 209 g/mol. The second-order valence-corrected chi connectivity index (χ2v) is 3.61. The molecule has 0 aliphatic heterocycles. The SMILES string of the molecule is CN(C)C(=O)c1c(Cl)cccc1Cl. The fraction of sp³-hybridized carbons (Fsp3) is 0.222. The Labute approximate surface area is 87.1 Å². The molecular formula is C9H9Cl2NO. The van der Waals surface area contributed by atoms with Crippen LogP contribution in [0.3, 0.4) is 0 Å². The summed E-state index contributed by atoms with van der Waals surface area (Å²) in [5, 5.41) is 0.761. The van der Waals surface area contributed by atoms with Crippen LogP contribution in [0.15, 0.2) is 18.2 Å². The second-order valence-electron chi connectivity index (χ2n) is 2.80. The fourth-order valence-electron chi connectivity index (χ4n) is 0.926. The first-order valence-corrected chi connectivity index (χ1v) is 4.45. The summed E-state index contributed by atoms with van der Waals surface area (Å²) < 4.78 is 0. The first-order chi connectivity index (χ1) is 6.04. The molecule has 1 rings (SSSR count). The van der Waals surface area contributed by atoms with Crippen LogP contribution in [0, 0.1) is 0 Å². The van der Waals surface area contributed by atoms with E-state index in [-0.39, 0.29) is 5.91 Å². The van der Waals surface area contributed by atoms with Gasteiger partial charge in [-0.2, -0.15) is 0 Å². The molecule has 0 N–H and O–H groups in total. The Morgan fingerprint density at radius 3 is 2.08 bits per heavy atom. The molecule has 1 aromatic carbocycles. The number of hydrogen-bond acceptors (Lipinski definition) is 1. The molecule has 0 atom stereocenters. The maximum absolute atomic E-state index is 11.5. The van der Waals surface area contributed by atoms with Crippen molar-refractivity contribution >= 4 is 29.1 Å². The van der Waals surface area contributed by atoms with E-state index in [1.165, 1.54) is 4.90 Å².